The monoisotopic (exact) mass is 421 g/mol. The fourth-order valence-corrected chi connectivity index (χ4v) is 4.79. The number of hydrogen-bond acceptors (Lipinski definition) is 6. The van der Waals surface area contributed by atoms with E-state index in [2.05, 4.69) is 15.5 Å². The van der Waals surface area contributed by atoms with Gasteiger partial charge in [0.1, 0.15) is 0 Å². The highest BCUT2D eigenvalue weighted by molar-refractivity contribution is 7.89. The molecule has 2 aromatic rings. The van der Waals surface area contributed by atoms with Gasteiger partial charge >= 0.3 is 0 Å². The number of nitrogens with one attached hydrogen (secondary N) is 2. The molecule has 0 aliphatic carbocycles. The normalized spacial score (nSPS) is 20.4. The van der Waals surface area contributed by atoms with Crippen LogP contribution in [0.2, 0.25) is 0 Å². The summed E-state index contributed by atoms with van der Waals surface area (Å²) in [7, 11) is -3.70. The molecule has 0 bridgehead atoms. The average molecular weight is 421 g/mol. The number of amides is 2. The highest BCUT2D eigenvalue weighted by atomic mass is 32.2. The second kappa shape index (κ2) is 7.93. The molecule has 2 atom stereocenters. The van der Waals surface area contributed by atoms with Gasteiger partial charge in [-0.15, -0.1) is 0 Å². The molecule has 2 heterocycles. The Hall–Kier alpha value is -2.76. The van der Waals surface area contributed by atoms with Gasteiger partial charge in [0.2, 0.25) is 10.0 Å². The molecular formula is C18H23N5O5S. The predicted octanol–water partition coefficient (Wildman–Crippen LogP) is 0.867. The number of nitrogens with zero attached hydrogens (tertiary/aromatic N) is 2. The molecule has 3 rings (SSSR count). The van der Waals surface area contributed by atoms with Crippen molar-refractivity contribution in [3.05, 3.63) is 41.2 Å². The molecule has 10 nitrogen and oxygen atoms in total. The first-order valence-corrected chi connectivity index (χ1v) is 10.5. The van der Waals surface area contributed by atoms with Crippen LogP contribution >= 0.6 is 0 Å². The lowest BCUT2D eigenvalue weighted by molar-refractivity contribution is -0.0440. The van der Waals surface area contributed by atoms with Crippen LogP contribution in [-0.2, 0) is 14.8 Å². The zero-order chi connectivity index (χ0) is 21.3. The van der Waals surface area contributed by atoms with Crippen molar-refractivity contribution in [2.75, 3.05) is 18.4 Å². The third-order valence-electron chi connectivity index (χ3n) is 4.56. The van der Waals surface area contributed by atoms with Crippen molar-refractivity contribution < 1.29 is 22.7 Å². The zero-order valence-corrected chi connectivity index (χ0v) is 17.1. The fourth-order valence-electron chi connectivity index (χ4n) is 3.20. The number of aromatic nitrogens is 2. The van der Waals surface area contributed by atoms with Crippen LogP contribution in [0.25, 0.3) is 0 Å². The van der Waals surface area contributed by atoms with Gasteiger partial charge in [0.05, 0.1) is 28.5 Å². The van der Waals surface area contributed by atoms with E-state index in [0.29, 0.717) is 5.69 Å². The standard InChI is InChI=1S/C18H23N5O5S/c1-10-8-23(9-11(2)28-10)29(26,27)14-6-4-13(5-7-14)18(25)20-15-12(3)21-22-16(15)17(19)24/h4-7,10-11H,8-9H2,1-3H3,(H2,19,24)(H,20,25)(H,21,22). The summed E-state index contributed by atoms with van der Waals surface area (Å²) in [6.45, 7) is 5.82. The van der Waals surface area contributed by atoms with Gasteiger partial charge in [-0.1, -0.05) is 0 Å². The number of aromatic amines is 1. The van der Waals surface area contributed by atoms with Crippen molar-refractivity contribution in [2.24, 2.45) is 5.73 Å². The van der Waals surface area contributed by atoms with Crippen molar-refractivity contribution in [3.8, 4) is 0 Å². The minimum atomic E-state index is -3.70. The number of nitrogens with two attached hydrogens (primary N) is 1. The van der Waals surface area contributed by atoms with Crippen LogP contribution < -0.4 is 11.1 Å². The predicted molar refractivity (Wildman–Crippen MR) is 105 cm³/mol. The highest BCUT2D eigenvalue weighted by Gasteiger charge is 2.32. The maximum absolute atomic E-state index is 12.9. The van der Waals surface area contributed by atoms with E-state index in [1.807, 2.05) is 13.8 Å². The second-order valence-electron chi connectivity index (χ2n) is 6.99. The molecule has 29 heavy (non-hydrogen) atoms. The number of morpholine rings is 1. The number of carbonyl (C=O) groups is 2. The second-order valence-corrected chi connectivity index (χ2v) is 8.93. The molecule has 11 heteroatoms. The maximum atomic E-state index is 12.9. The number of benzene rings is 1. The minimum Gasteiger partial charge on any atom is -0.373 e. The Morgan fingerprint density at radius 2 is 1.79 bits per heavy atom. The van der Waals surface area contributed by atoms with E-state index in [1.165, 1.54) is 28.6 Å². The topological polar surface area (TPSA) is 147 Å². The lowest BCUT2D eigenvalue weighted by atomic mass is 10.2. The number of primary amides is 1. The van der Waals surface area contributed by atoms with Crippen LogP contribution in [0.1, 0.15) is 40.4 Å². The summed E-state index contributed by atoms with van der Waals surface area (Å²) in [6, 6.07) is 5.59. The molecule has 2 unspecified atom stereocenters. The summed E-state index contributed by atoms with van der Waals surface area (Å²) < 4.78 is 32.7. The largest absolute Gasteiger partial charge is 0.373 e. The van der Waals surface area contributed by atoms with Crippen LogP contribution in [0.3, 0.4) is 0 Å². The van der Waals surface area contributed by atoms with Crippen molar-refractivity contribution in [2.45, 2.75) is 37.9 Å². The van der Waals surface area contributed by atoms with Gasteiger partial charge in [0, 0.05) is 18.7 Å². The zero-order valence-electron chi connectivity index (χ0n) is 16.3. The molecule has 1 aliphatic rings. The molecule has 1 aliphatic heterocycles. The van der Waals surface area contributed by atoms with E-state index in [4.69, 9.17) is 10.5 Å². The van der Waals surface area contributed by atoms with Crippen molar-refractivity contribution in [3.63, 3.8) is 0 Å². The van der Waals surface area contributed by atoms with Gasteiger partial charge in [-0.25, -0.2) is 8.42 Å². The number of aryl methyl sites for hydroxylation is 1. The van der Waals surface area contributed by atoms with Gasteiger partial charge in [-0.2, -0.15) is 9.40 Å². The molecule has 1 aromatic heterocycles. The number of H-pyrrole nitrogens is 1. The quantitative estimate of drug-likeness (QED) is 0.652. The summed E-state index contributed by atoms with van der Waals surface area (Å²) in [5, 5.41) is 8.93. The number of carbonyl (C=O) groups excluding carboxylic acids is 2. The smallest absolute Gasteiger partial charge is 0.271 e. The van der Waals surface area contributed by atoms with E-state index < -0.39 is 21.8 Å². The minimum absolute atomic E-state index is 0.0781. The van der Waals surface area contributed by atoms with Gasteiger partial charge < -0.3 is 15.8 Å². The molecule has 2 amide bonds. The fraction of sp³-hybridized carbons (Fsp3) is 0.389. The van der Waals surface area contributed by atoms with E-state index >= 15 is 0 Å². The Kier molecular flexibility index (Phi) is 5.73. The summed E-state index contributed by atoms with van der Waals surface area (Å²) in [6.07, 6.45) is -0.396. The molecule has 1 saturated heterocycles. The summed E-state index contributed by atoms with van der Waals surface area (Å²) in [5.41, 5.74) is 6.06. The van der Waals surface area contributed by atoms with Gasteiger partial charge in [-0.05, 0) is 45.0 Å². The van der Waals surface area contributed by atoms with E-state index in [0.717, 1.165) is 0 Å². The highest BCUT2D eigenvalue weighted by Crippen LogP contribution is 2.22. The number of ether oxygens (including phenoxy) is 1. The van der Waals surface area contributed by atoms with Crippen LogP contribution in [0.15, 0.2) is 29.2 Å². The van der Waals surface area contributed by atoms with Crippen molar-refractivity contribution in [1.82, 2.24) is 14.5 Å². The molecule has 0 saturated carbocycles. The van der Waals surface area contributed by atoms with Gasteiger partial charge in [0.25, 0.3) is 11.8 Å². The average Bonchev–Trinajstić information content (AvgIpc) is 3.01. The number of anilines is 1. The first kappa shape index (κ1) is 21.0. The van der Waals surface area contributed by atoms with E-state index in [-0.39, 0.29) is 47.1 Å². The van der Waals surface area contributed by atoms with Crippen LogP contribution in [-0.4, -0.2) is 60.0 Å². The van der Waals surface area contributed by atoms with E-state index in [1.54, 1.807) is 6.92 Å². The van der Waals surface area contributed by atoms with Crippen molar-refractivity contribution in [1.29, 1.82) is 0 Å². The lowest BCUT2D eigenvalue weighted by Gasteiger charge is -2.34. The molecule has 1 aromatic carbocycles. The summed E-state index contributed by atoms with van der Waals surface area (Å²) in [5.74, 6) is -1.30. The lowest BCUT2D eigenvalue weighted by Crippen LogP contribution is -2.48. The Balaban J connectivity index is 1.79. The summed E-state index contributed by atoms with van der Waals surface area (Å²) in [4.78, 5) is 24.0. The molecule has 156 valence electrons. The Morgan fingerprint density at radius 3 is 2.34 bits per heavy atom. The summed E-state index contributed by atoms with van der Waals surface area (Å²) >= 11 is 0. The van der Waals surface area contributed by atoms with Crippen LogP contribution in [0.5, 0.6) is 0 Å². The first-order valence-electron chi connectivity index (χ1n) is 9.01. The Morgan fingerprint density at radius 1 is 1.21 bits per heavy atom. The Bertz CT molecular complexity index is 1020. The molecule has 0 spiro atoms. The number of hydrogen-bond donors (Lipinski definition) is 3. The number of rotatable bonds is 5. The number of sulfonamides is 1. The molecule has 0 radical (unpaired) electrons. The van der Waals surface area contributed by atoms with Crippen LogP contribution in [0, 0.1) is 6.92 Å². The maximum Gasteiger partial charge on any atom is 0.271 e. The molecule has 1 fully saturated rings. The SMILES string of the molecule is Cc1[nH]nc(C(N)=O)c1NC(=O)c1ccc(S(=O)(=O)N2CC(C)OC(C)C2)cc1. The molecule has 4 N–H and O–H groups in total. The van der Waals surface area contributed by atoms with Crippen molar-refractivity contribution >= 4 is 27.5 Å². The Labute approximate surface area is 168 Å². The first-order chi connectivity index (χ1) is 13.6. The van der Waals surface area contributed by atoms with Gasteiger partial charge in [0.15, 0.2) is 5.69 Å². The third-order valence-corrected chi connectivity index (χ3v) is 6.41. The third kappa shape index (κ3) is 4.31. The molecular weight excluding hydrogens is 398 g/mol. The van der Waals surface area contributed by atoms with Gasteiger partial charge in [-0.3, -0.25) is 14.7 Å². The van der Waals surface area contributed by atoms with Crippen LogP contribution in [0.4, 0.5) is 5.69 Å². The van der Waals surface area contributed by atoms with E-state index in [9.17, 15) is 18.0 Å².